The van der Waals surface area contributed by atoms with Gasteiger partial charge in [0.2, 0.25) is 0 Å². The number of ether oxygens (including phenoxy) is 12. The Labute approximate surface area is 242 Å². The number of benzene rings is 2. The van der Waals surface area contributed by atoms with Gasteiger partial charge in [-0.15, -0.1) is 0 Å². The van der Waals surface area contributed by atoms with Crippen molar-refractivity contribution in [2.24, 2.45) is 0 Å². The summed E-state index contributed by atoms with van der Waals surface area (Å²) in [6.07, 6.45) is 3.74. The highest BCUT2D eigenvalue weighted by molar-refractivity contribution is 5.62. The SMILES string of the molecule is COCOc1cc(OC)c(OCOC)c(CCCCCc2c(OC)c(OCOC)cc(OC)c2OCOC)c1OC. The molecule has 0 spiro atoms. The van der Waals surface area contributed by atoms with Gasteiger partial charge in [0.25, 0.3) is 0 Å². The zero-order valence-corrected chi connectivity index (χ0v) is 25.4. The first-order valence-electron chi connectivity index (χ1n) is 13.1. The molecule has 2 aromatic carbocycles. The maximum absolute atomic E-state index is 5.89. The lowest BCUT2D eigenvalue weighted by molar-refractivity contribution is 0.0444. The predicted octanol–water partition coefficient (Wildman–Crippen LogP) is 4.61. The van der Waals surface area contributed by atoms with Gasteiger partial charge in [0.15, 0.2) is 73.2 Å². The third kappa shape index (κ3) is 9.35. The maximum Gasteiger partial charge on any atom is 0.188 e. The third-order valence-electron chi connectivity index (χ3n) is 6.02. The minimum absolute atomic E-state index is 0.0537. The molecule has 0 atom stereocenters. The van der Waals surface area contributed by atoms with Crippen LogP contribution in [0.3, 0.4) is 0 Å². The Balaban J connectivity index is 2.30. The highest BCUT2D eigenvalue weighted by Gasteiger charge is 2.24. The van der Waals surface area contributed by atoms with Crippen molar-refractivity contribution in [1.82, 2.24) is 0 Å². The van der Waals surface area contributed by atoms with Crippen molar-refractivity contribution >= 4 is 0 Å². The maximum atomic E-state index is 5.89. The van der Waals surface area contributed by atoms with Gasteiger partial charge in [0, 0.05) is 51.7 Å². The molecule has 0 radical (unpaired) electrons. The standard InChI is InChI=1S/C29H44O12/c1-30-16-38-24-14-22(34-5)28(40-18-32-3)20(26(24)36-7)12-10-9-11-13-21-27(37-8)25(39-17-31-2)15-23(35-6)29(21)41-19-33-4/h14-15H,9-13,16-19H2,1-8H3. The quantitative estimate of drug-likeness (QED) is 0.142. The Hall–Kier alpha value is -3.32. The van der Waals surface area contributed by atoms with Crippen LogP contribution in [0.4, 0.5) is 0 Å². The van der Waals surface area contributed by atoms with Crippen molar-refractivity contribution in [1.29, 1.82) is 0 Å². The Morgan fingerprint density at radius 2 is 0.756 bits per heavy atom. The van der Waals surface area contributed by atoms with Gasteiger partial charge >= 0.3 is 0 Å². The molecule has 0 saturated heterocycles. The largest absolute Gasteiger partial charge is 0.493 e. The summed E-state index contributed by atoms with van der Waals surface area (Å²) in [5.41, 5.74) is 1.63. The third-order valence-corrected chi connectivity index (χ3v) is 6.02. The molecule has 0 aliphatic carbocycles. The Bertz CT molecular complexity index is 962. The van der Waals surface area contributed by atoms with E-state index < -0.39 is 0 Å². The Kier molecular flexibility index (Phi) is 15.6. The molecule has 0 unspecified atom stereocenters. The van der Waals surface area contributed by atoms with Crippen molar-refractivity contribution in [3.05, 3.63) is 23.3 Å². The normalized spacial score (nSPS) is 10.7. The van der Waals surface area contributed by atoms with Crippen LogP contribution >= 0.6 is 0 Å². The number of hydrogen-bond acceptors (Lipinski definition) is 12. The Morgan fingerprint density at radius 1 is 0.390 bits per heavy atom. The van der Waals surface area contributed by atoms with E-state index >= 15 is 0 Å². The molecule has 0 N–H and O–H groups in total. The van der Waals surface area contributed by atoms with E-state index in [-0.39, 0.29) is 27.2 Å². The summed E-state index contributed by atoms with van der Waals surface area (Å²) < 4.78 is 66.4. The van der Waals surface area contributed by atoms with Gasteiger partial charge in [-0.2, -0.15) is 0 Å². The second kappa shape index (κ2) is 18.9. The van der Waals surface area contributed by atoms with Gasteiger partial charge in [0.1, 0.15) is 0 Å². The number of unbranched alkanes of at least 4 members (excludes halogenated alkanes) is 2. The van der Waals surface area contributed by atoms with Crippen LogP contribution < -0.4 is 37.9 Å². The fourth-order valence-electron chi connectivity index (χ4n) is 4.30. The molecule has 0 aliphatic heterocycles. The fourth-order valence-corrected chi connectivity index (χ4v) is 4.30. The van der Waals surface area contributed by atoms with Crippen LogP contribution in [0.2, 0.25) is 0 Å². The first-order chi connectivity index (χ1) is 20.0. The number of methoxy groups -OCH3 is 8. The van der Waals surface area contributed by atoms with E-state index in [0.717, 1.165) is 30.4 Å². The number of hydrogen-bond donors (Lipinski definition) is 0. The fraction of sp³-hybridized carbons (Fsp3) is 0.586. The molecule has 0 aliphatic rings. The van der Waals surface area contributed by atoms with E-state index in [2.05, 4.69) is 0 Å². The summed E-state index contributed by atoms with van der Waals surface area (Å²) >= 11 is 0. The van der Waals surface area contributed by atoms with Crippen LogP contribution in [-0.4, -0.2) is 84.1 Å². The lowest BCUT2D eigenvalue weighted by Crippen LogP contribution is -2.09. The van der Waals surface area contributed by atoms with Gasteiger partial charge in [-0.1, -0.05) is 6.42 Å². The van der Waals surface area contributed by atoms with Crippen molar-refractivity contribution in [2.75, 3.05) is 84.1 Å². The molecule has 232 valence electrons. The summed E-state index contributed by atoms with van der Waals surface area (Å²) in [4.78, 5) is 0. The van der Waals surface area contributed by atoms with Crippen LogP contribution in [0.25, 0.3) is 0 Å². The molecular weight excluding hydrogens is 540 g/mol. The Morgan fingerprint density at radius 3 is 1.07 bits per heavy atom. The highest BCUT2D eigenvalue weighted by atomic mass is 16.7. The summed E-state index contributed by atoms with van der Waals surface area (Å²) in [5.74, 6) is 4.20. The summed E-state index contributed by atoms with van der Waals surface area (Å²) in [6, 6.07) is 3.43. The molecule has 2 aromatic rings. The van der Waals surface area contributed by atoms with E-state index in [0.29, 0.717) is 58.8 Å². The molecule has 12 nitrogen and oxygen atoms in total. The van der Waals surface area contributed by atoms with Crippen molar-refractivity contribution in [2.45, 2.75) is 32.1 Å². The van der Waals surface area contributed by atoms with E-state index in [1.165, 1.54) is 0 Å². The van der Waals surface area contributed by atoms with Gasteiger partial charge in [0.05, 0.1) is 28.4 Å². The molecule has 12 heteroatoms. The lowest BCUT2D eigenvalue weighted by atomic mass is 10.00. The topological polar surface area (TPSA) is 111 Å². The van der Waals surface area contributed by atoms with Crippen LogP contribution in [0.5, 0.6) is 46.0 Å². The summed E-state index contributed by atoms with van der Waals surface area (Å²) in [7, 11) is 12.5. The molecule has 0 heterocycles. The lowest BCUT2D eigenvalue weighted by Gasteiger charge is -2.21. The molecule has 0 aromatic heterocycles. The van der Waals surface area contributed by atoms with Crippen LogP contribution in [-0.2, 0) is 31.8 Å². The first-order valence-corrected chi connectivity index (χ1v) is 13.1. The molecule has 0 bridgehead atoms. The molecule has 41 heavy (non-hydrogen) atoms. The van der Waals surface area contributed by atoms with Gasteiger partial charge in [-0.05, 0) is 25.7 Å². The summed E-state index contributed by atoms with van der Waals surface area (Å²) in [5, 5.41) is 0. The van der Waals surface area contributed by atoms with Crippen LogP contribution in [0.15, 0.2) is 12.1 Å². The van der Waals surface area contributed by atoms with E-state index in [4.69, 9.17) is 56.8 Å². The van der Waals surface area contributed by atoms with E-state index in [1.54, 1.807) is 69.0 Å². The van der Waals surface area contributed by atoms with Crippen molar-refractivity contribution in [3.63, 3.8) is 0 Å². The van der Waals surface area contributed by atoms with Crippen LogP contribution in [0.1, 0.15) is 30.4 Å². The predicted molar refractivity (Wildman–Crippen MR) is 150 cm³/mol. The molecular formula is C29H44O12. The van der Waals surface area contributed by atoms with Crippen molar-refractivity contribution in [3.8, 4) is 46.0 Å². The van der Waals surface area contributed by atoms with Gasteiger partial charge in [-0.3, -0.25) is 0 Å². The van der Waals surface area contributed by atoms with E-state index in [9.17, 15) is 0 Å². The first kappa shape index (κ1) is 33.9. The summed E-state index contributed by atoms with van der Waals surface area (Å²) in [6.45, 7) is 0.225. The average Bonchev–Trinajstić information content (AvgIpc) is 3.00. The van der Waals surface area contributed by atoms with Crippen molar-refractivity contribution < 1.29 is 56.8 Å². The molecule has 2 rings (SSSR count). The van der Waals surface area contributed by atoms with Crippen LogP contribution in [0, 0.1) is 0 Å². The molecule has 0 amide bonds. The minimum Gasteiger partial charge on any atom is -0.493 e. The minimum atomic E-state index is 0.0537. The van der Waals surface area contributed by atoms with E-state index in [1.807, 2.05) is 0 Å². The molecule has 0 fully saturated rings. The molecule has 0 saturated carbocycles. The second-order valence-corrected chi connectivity index (χ2v) is 8.60. The smallest absolute Gasteiger partial charge is 0.188 e. The van der Waals surface area contributed by atoms with Gasteiger partial charge in [-0.25, -0.2) is 0 Å². The monoisotopic (exact) mass is 584 g/mol. The zero-order valence-electron chi connectivity index (χ0n) is 25.4. The number of rotatable bonds is 22. The average molecular weight is 585 g/mol. The highest BCUT2D eigenvalue weighted by Crippen LogP contribution is 2.47. The van der Waals surface area contributed by atoms with Gasteiger partial charge < -0.3 is 56.8 Å². The zero-order chi connectivity index (χ0) is 30.0. The second-order valence-electron chi connectivity index (χ2n) is 8.60.